The summed E-state index contributed by atoms with van der Waals surface area (Å²) < 4.78 is 5.89. The molecule has 2 atom stereocenters. The number of ether oxygens (including phenoxy) is 1. The summed E-state index contributed by atoms with van der Waals surface area (Å²) in [5.41, 5.74) is 2.53. The van der Waals surface area contributed by atoms with Gasteiger partial charge >= 0.3 is 0 Å². The van der Waals surface area contributed by atoms with E-state index >= 15 is 0 Å². The van der Waals surface area contributed by atoms with Gasteiger partial charge in [0.1, 0.15) is 12.4 Å². The third-order valence-corrected chi connectivity index (χ3v) is 3.74. The van der Waals surface area contributed by atoms with Crippen LogP contribution in [0.3, 0.4) is 0 Å². The summed E-state index contributed by atoms with van der Waals surface area (Å²) in [6.45, 7) is 12.7. The number of piperazine rings is 1. The van der Waals surface area contributed by atoms with Crippen molar-refractivity contribution >= 4 is 0 Å². The van der Waals surface area contributed by atoms with Crippen molar-refractivity contribution in [2.24, 2.45) is 0 Å². The first-order chi connectivity index (χ1) is 9.04. The van der Waals surface area contributed by atoms with Gasteiger partial charge in [0.25, 0.3) is 0 Å². The lowest BCUT2D eigenvalue weighted by atomic mass is 10.1. The maximum Gasteiger partial charge on any atom is 0.119 e. The summed E-state index contributed by atoms with van der Waals surface area (Å²) in [5.74, 6) is 0.994. The van der Waals surface area contributed by atoms with Crippen LogP contribution in [0.5, 0.6) is 5.75 Å². The largest absolute Gasteiger partial charge is 0.492 e. The minimum Gasteiger partial charge on any atom is -0.492 e. The molecule has 1 saturated heterocycles. The Balaban J connectivity index is 1.82. The van der Waals surface area contributed by atoms with Gasteiger partial charge in [-0.2, -0.15) is 0 Å². The number of hydrogen-bond donors (Lipinski definition) is 1. The van der Waals surface area contributed by atoms with E-state index in [1.54, 1.807) is 0 Å². The number of rotatable bonds is 4. The molecule has 1 heterocycles. The van der Waals surface area contributed by atoms with Crippen LogP contribution >= 0.6 is 0 Å². The number of nitrogens with zero attached hydrogens (tertiary/aromatic N) is 1. The molecular formula is C16H26N2O. The first-order valence-corrected chi connectivity index (χ1v) is 7.23. The Morgan fingerprint density at radius 1 is 1.21 bits per heavy atom. The number of nitrogens with one attached hydrogen (secondary N) is 1. The van der Waals surface area contributed by atoms with Crippen molar-refractivity contribution in [3.63, 3.8) is 0 Å². The molecule has 0 saturated carbocycles. The fourth-order valence-electron chi connectivity index (χ4n) is 2.71. The molecule has 2 unspecified atom stereocenters. The van der Waals surface area contributed by atoms with Gasteiger partial charge < -0.3 is 10.1 Å². The van der Waals surface area contributed by atoms with Gasteiger partial charge in [-0.25, -0.2) is 0 Å². The molecule has 1 fully saturated rings. The number of benzene rings is 1. The highest BCUT2D eigenvalue weighted by atomic mass is 16.5. The predicted molar refractivity (Wildman–Crippen MR) is 79.9 cm³/mol. The minimum absolute atomic E-state index is 0.581. The molecule has 0 radical (unpaired) electrons. The quantitative estimate of drug-likeness (QED) is 0.901. The molecular weight excluding hydrogens is 236 g/mol. The van der Waals surface area contributed by atoms with Crippen LogP contribution in [-0.4, -0.2) is 43.2 Å². The topological polar surface area (TPSA) is 24.5 Å². The highest BCUT2D eigenvalue weighted by molar-refractivity contribution is 5.32. The minimum atomic E-state index is 0.581. The molecule has 1 aliphatic heterocycles. The highest BCUT2D eigenvalue weighted by Crippen LogP contribution is 2.16. The molecule has 0 aromatic heterocycles. The maximum absolute atomic E-state index is 5.89. The number of hydrogen-bond acceptors (Lipinski definition) is 3. The molecule has 0 amide bonds. The Hall–Kier alpha value is -1.06. The average Bonchev–Trinajstić information content (AvgIpc) is 2.32. The molecule has 0 spiro atoms. The van der Waals surface area contributed by atoms with Crippen LogP contribution in [0.2, 0.25) is 0 Å². The highest BCUT2D eigenvalue weighted by Gasteiger charge is 2.21. The average molecular weight is 262 g/mol. The summed E-state index contributed by atoms with van der Waals surface area (Å²) in [4.78, 5) is 2.50. The van der Waals surface area contributed by atoms with Crippen LogP contribution in [0.25, 0.3) is 0 Å². The second-order valence-corrected chi connectivity index (χ2v) is 5.83. The van der Waals surface area contributed by atoms with E-state index in [9.17, 15) is 0 Å². The molecule has 0 bridgehead atoms. The molecule has 3 heteroatoms. The van der Waals surface area contributed by atoms with Crippen LogP contribution in [0.1, 0.15) is 25.0 Å². The fraction of sp³-hybridized carbons (Fsp3) is 0.625. The van der Waals surface area contributed by atoms with Gasteiger partial charge in [0, 0.05) is 31.7 Å². The van der Waals surface area contributed by atoms with E-state index in [4.69, 9.17) is 4.74 Å². The summed E-state index contributed by atoms with van der Waals surface area (Å²) >= 11 is 0. The van der Waals surface area contributed by atoms with Crippen LogP contribution < -0.4 is 10.1 Å². The molecule has 3 nitrogen and oxygen atoms in total. The van der Waals surface area contributed by atoms with Crippen molar-refractivity contribution in [3.05, 3.63) is 29.3 Å². The zero-order chi connectivity index (χ0) is 13.8. The summed E-state index contributed by atoms with van der Waals surface area (Å²) in [7, 11) is 0. The van der Waals surface area contributed by atoms with Crippen molar-refractivity contribution in [1.82, 2.24) is 10.2 Å². The monoisotopic (exact) mass is 262 g/mol. The van der Waals surface area contributed by atoms with E-state index in [1.807, 2.05) is 0 Å². The first kappa shape index (κ1) is 14.4. The van der Waals surface area contributed by atoms with Gasteiger partial charge in [0.2, 0.25) is 0 Å². The Morgan fingerprint density at radius 3 is 2.58 bits per heavy atom. The van der Waals surface area contributed by atoms with Gasteiger partial charge in [-0.15, -0.1) is 0 Å². The van der Waals surface area contributed by atoms with Crippen molar-refractivity contribution in [3.8, 4) is 5.75 Å². The smallest absolute Gasteiger partial charge is 0.119 e. The Labute approximate surface area is 116 Å². The summed E-state index contributed by atoms with van der Waals surface area (Å²) in [6, 6.07) is 7.57. The van der Waals surface area contributed by atoms with Gasteiger partial charge in [-0.1, -0.05) is 6.07 Å². The zero-order valence-corrected chi connectivity index (χ0v) is 12.6. The molecule has 1 aliphatic rings. The van der Waals surface area contributed by atoms with E-state index in [-0.39, 0.29) is 0 Å². The molecule has 2 rings (SSSR count). The van der Waals surface area contributed by atoms with Crippen LogP contribution in [0, 0.1) is 13.8 Å². The molecule has 0 aliphatic carbocycles. The molecule has 1 aromatic carbocycles. The normalized spacial score (nSPS) is 24.4. The van der Waals surface area contributed by atoms with Crippen LogP contribution in [-0.2, 0) is 0 Å². The predicted octanol–water partition coefficient (Wildman–Crippen LogP) is 2.36. The van der Waals surface area contributed by atoms with Crippen molar-refractivity contribution in [1.29, 1.82) is 0 Å². The van der Waals surface area contributed by atoms with Crippen molar-refractivity contribution < 1.29 is 4.74 Å². The SMILES string of the molecule is Cc1cc(C)cc(OCCN2CC(C)NCC2C)c1. The number of aryl methyl sites for hydroxylation is 2. The van der Waals surface area contributed by atoms with Crippen molar-refractivity contribution in [2.45, 2.75) is 39.8 Å². The van der Waals surface area contributed by atoms with Gasteiger partial charge in [0.15, 0.2) is 0 Å². The standard InChI is InChI=1S/C16H26N2O/c1-12-7-13(2)9-16(8-12)19-6-5-18-11-14(3)17-10-15(18)4/h7-9,14-15,17H,5-6,10-11H2,1-4H3. The van der Waals surface area contributed by atoms with E-state index in [0.717, 1.165) is 32.0 Å². The second kappa shape index (κ2) is 6.40. The van der Waals surface area contributed by atoms with E-state index in [2.05, 4.69) is 56.1 Å². The second-order valence-electron chi connectivity index (χ2n) is 5.83. The van der Waals surface area contributed by atoms with Crippen LogP contribution in [0.4, 0.5) is 0 Å². The van der Waals surface area contributed by atoms with E-state index in [1.165, 1.54) is 11.1 Å². The summed E-state index contributed by atoms with van der Waals surface area (Å²) in [5, 5.41) is 3.50. The molecule has 1 N–H and O–H groups in total. The first-order valence-electron chi connectivity index (χ1n) is 7.23. The van der Waals surface area contributed by atoms with Gasteiger partial charge in [-0.05, 0) is 51.0 Å². The van der Waals surface area contributed by atoms with E-state index in [0.29, 0.717) is 12.1 Å². The third-order valence-electron chi connectivity index (χ3n) is 3.74. The Bertz CT molecular complexity index is 399. The molecule has 106 valence electrons. The molecule has 19 heavy (non-hydrogen) atoms. The molecule has 1 aromatic rings. The van der Waals surface area contributed by atoms with Crippen molar-refractivity contribution in [2.75, 3.05) is 26.2 Å². The lowest BCUT2D eigenvalue weighted by Crippen LogP contribution is -2.55. The zero-order valence-electron chi connectivity index (χ0n) is 12.6. The lowest BCUT2D eigenvalue weighted by Gasteiger charge is -2.37. The Morgan fingerprint density at radius 2 is 1.89 bits per heavy atom. The third kappa shape index (κ3) is 4.22. The fourth-order valence-corrected chi connectivity index (χ4v) is 2.71. The Kier molecular flexibility index (Phi) is 4.83. The summed E-state index contributed by atoms with van der Waals surface area (Å²) in [6.07, 6.45) is 0. The van der Waals surface area contributed by atoms with E-state index < -0.39 is 0 Å². The lowest BCUT2D eigenvalue weighted by molar-refractivity contribution is 0.123. The van der Waals surface area contributed by atoms with Gasteiger partial charge in [0.05, 0.1) is 0 Å². The van der Waals surface area contributed by atoms with Gasteiger partial charge in [-0.3, -0.25) is 4.90 Å². The van der Waals surface area contributed by atoms with Crippen LogP contribution in [0.15, 0.2) is 18.2 Å². The maximum atomic E-state index is 5.89.